The van der Waals surface area contributed by atoms with E-state index in [1.54, 1.807) is 7.11 Å². The minimum absolute atomic E-state index is 0.437. The molecule has 4 rings (SSSR count). The molecule has 1 aromatic heterocycles. The van der Waals surface area contributed by atoms with Crippen molar-refractivity contribution in [2.75, 3.05) is 7.11 Å². The summed E-state index contributed by atoms with van der Waals surface area (Å²) in [7, 11) is 1.66. The third-order valence-corrected chi connectivity index (χ3v) is 4.85. The lowest BCUT2D eigenvalue weighted by atomic mass is 10.1. The number of hydrogen-bond acceptors (Lipinski definition) is 3. The summed E-state index contributed by atoms with van der Waals surface area (Å²) < 4.78 is 13.5. The summed E-state index contributed by atoms with van der Waals surface area (Å²) in [5, 5.41) is 0. The van der Waals surface area contributed by atoms with E-state index in [1.807, 2.05) is 30.3 Å². The maximum Gasteiger partial charge on any atom is 0.147 e. The molecule has 0 unspecified atom stereocenters. The monoisotopic (exact) mass is 372 g/mol. The molecule has 142 valence electrons. The molecular weight excluding hydrogens is 348 g/mol. The summed E-state index contributed by atoms with van der Waals surface area (Å²) >= 11 is 0. The van der Waals surface area contributed by atoms with Crippen molar-refractivity contribution in [3.8, 4) is 11.5 Å². The Bertz CT molecular complexity index is 1020. The molecule has 0 aliphatic carbocycles. The maximum atomic E-state index is 5.99. The SMILES string of the molecule is COc1ccc(OCc2nc3ccccc3n2CCCc2ccccc2)cc1. The molecule has 1 heterocycles. The average molecular weight is 372 g/mol. The van der Waals surface area contributed by atoms with Crippen molar-refractivity contribution < 1.29 is 9.47 Å². The summed E-state index contributed by atoms with van der Waals surface area (Å²) in [6.45, 7) is 1.35. The van der Waals surface area contributed by atoms with Gasteiger partial charge in [-0.05, 0) is 54.8 Å². The number of ether oxygens (including phenoxy) is 2. The molecule has 0 aliphatic rings. The first kappa shape index (κ1) is 18.1. The van der Waals surface area contributed by atoms with Gasteiger partial charge in [0, 0.05) is 6.54 Å². The van der Waals surface area contributed by atoms with Crippen molar-refractivity contribution >= 4 is 11.0 Å². The number of fused-ring (bicyclic) bond motifs is 1. The molecule has 28 heavy (non-hydrogen) atoms. The highest BCUT2D eigenvalue weighted by molar-refractivity contribution is 5.75. The Labute approximate surface area is 165 Å². The van der Waals surface area contributed by atoms with Gasteiger partial charge in [0.15, 0.2) is 0 Å². The van der Waals surface area contributed by atoms with E-state index in [0.717, 1.165) is 47.7 Å². The van der Waals surface area contributed by atoms with Crippen LogP contribution in [0, 0.1) is 0 Å². The Kier molecular flexibility index (Phi) is 5.57. The van der Waals surface area contributed by atoms with E-state index in [0.29, 0.717) is 6.61 Å². The minimum atomic E-state index is 0.437. The number of benzene rings is 3. The van der Waals surface area contributed by atoms with Gasteiger partial charge in [-0.3, -0.25) is 0 Å². The van der Waals surface area contributed by atoms with Crippen LogP contribution in [-0.2, 0) is 19.6 Å². The predicted molar refractivity (Wildman–Crippen MR) is 112 cm³/mol. The highest BCUT2D eigenvalue weighted by atomic mass is 16.5. The molecule has 0 spiro atoms. The number of aryl methyl sites for hydroxylation is 2. The normalized spacial score (nSPS) is 10.9. The Morgan fingerprint density at radius 2 is 1.54 bits per heavy atom. The fraction of sp³-hybridized carbons (Fsp3) is 0.208. The summed E-state index contributed by atoms with van der Waals surface area (Å²) in [5.74, 6) is 2.58. The largest absolute Gasteiger partial charge is 0.497 e. The van der Waals surface area contributed by atoms with Crippen LogP contribution in [-0.4, -0.2) is 16.7 Å². The molecule has 3 aromatic carbocycles. The van der Waals surface area contributed by atoms with Crippen molar-refractivity contribution in [2.45, 2.75) is 26.0 Å². The van der Waals surface area contributed by atoms with Gasteiger partial charge < -0.3 is 14.0 Å². The van der Waals surface area contributed by atoms with Gasteiger partial charge in [0.25, 0.3) is 0 Å². The smallest absolute Gasteiger partial charge is 0.147 e. The highest BCUT2D eigenvalue weighted by Crippen LogP contribution is 2.21. The maximum absolute atomic E-state index is 5.99. The van der Waals surface area contributed by atoms with E-state index < -0.39 is 0 Å². The van der Waals surface area contributed by atoms with Crippen molar-refractivity contribution in [3.63, 3.8) is 0 Å². The molecule has 0 amide bonds. The van der Waals surface area contributed by atoms with Crippen molar-refractivity contribution in [3.05, 3.63) is 90.3 Å². The predicted octanol–water partition coefficient (Wildman–Crippen LogP) is 5.26. The topological polar surface area (TPSA) is 36.3 Å². The number of para-hydroxylation sites is 2. The molecule has 0 N–H and O–H groups in total. The summed E-state index contributed by atoms with van der Waals surface area (Å²) in [6.07, 6.45) is 2.10. The third kappa shape index (κ3) is 4.17. The van der Waals surface area contributed by atoms with Gasteiger partial charge in [0.2, 0.25) is 0 Å². The van der Waals surface area contributed by atoms with Crippen LogP contribution in [0.15, 0.2) is 78.9 Å². The quantitative estimate of drug-likeness (QED) is 0.423. The zero-order valence-corrected chi connectivity index (χ0v) is 16.0. The van der Waals surface area contributed by atoms with Crippen LogP contribution in [0.4, 0.5) is 0 Å². The van der Waals surface area contributed by atoms with Gasteiger partial charge in [0.05, 0.1) is 18.1 Å². The van der Waals surface area contributed by atoms with Crippen molar-refractivity contribution in [1.29, 1.82) is 0 Å². The van der Waals surface area contributed by atoms with Gasteiger partial charge >= 0.3 is 0 Å². The second-order valence-electron chi connectivity index (χ2n) is 6.72. The molecule has 0 fully saturated rings. The van der Waals surface area contributed by atoms with Gasteiger partial charge in [-0.1, -0.05) is 42.5 Å². The zero-order chi connectivity index (χ0) is 19.2. The summed E-state index contributed by atoms with van der Waals surface area (Å²) in [5.41, 5.74) is 3.53. The number of rotatable bonds is 8. The van der Waals surface area contributed by atoms with Crippen LogP contribution in [0.1, 0.15) is 17.8 Å². The highest BCUT2D eigenvalue weighted by Gasteiger charge is 2.11. The number of methoxy groups -OCH3 is 1. The first-order chi connectivity index (χ1) is 13.8. The van der Waals surface area contributed by atoms with E-state index >= 15 is 0 Å². The molecule has 0 bridgehead atoms. The molecule has 4 heteroatoms. The van der Waals surface area contributed by atoms with Gasteiger partial charge in [-0.25, -0.2) is 4.98 Å². The molecule has 4 nitrogen and oxygen atoms in total. The molecule has 0 aliphatic heterocycles. The number of hydrogen-bond donors (Lipinski definition) is 0. The molecular formula is C24H24N2O2. The van der Waals surface area contributed by atoms with Crippen LogP contribution >= 0.6 is 0 Å². The van der Waals surface area contributed by atoms with Crippen LogP contribution < -0.4 is 9.47 Å². The van der Waals surface area contributed by atoms with Gasteiger partial charge in [0.1, 0.15) is 23.9 Å². The average Bonchev–Trinajstić information content (AvgIpc) is 3.11. The first-order valence-electron chi connectivity index (χ1n) is 9.58. The zero-order valence-electron chi connectivity index (χ0n) is 16.0. The van der Waals surface area contributed by atoms with Crippen molar-refractivity contribution in [2.24, 2.45) is 0 Å². The van der Waals surface area contributed by atoms with Gasteiger partial charge in [-0.15, -0.1) is 0 Å². The Morgan fingerprint density at radius 1 is 0.821 bits per heavy atom. The summed E-state index contributed by atoms with van der Waals surface area (Å²) in [6, 6.07) is 26.5. The van der Waals surface area contributed by atoms with Crippen LogP contribution in [0.2, 0.25) is 0 Å². The van der Waals surface area contributed by atoms with Gasteiger partial charge in [-0.2, -0.15) is 0 Å². The lowest BCUT2D eigenvalue weighted by Crippen LogP contribution is -2.08. The van der Waals surface area contributed by atoms with E-state index in [9.17, 15) is 0 Å². The number of nitrogens with zero attached hydrogens (tertiary/aromatic N) is 2. The minimum Gasteiger partial charge on any atom is -0.497 e. The van der Waals surface area contributed by atoms with E-state index in [4.69, 9.17) is 14.5 Å². The lowest BCUT2D eigenvalue weighted by molar-refractivity contribution is 0.289. The van der Waals surface area contributed by atoms with Crippen LogP contribution in [0.5, 0.6) is 11.5 Å². The molecule has 0 saturated heterocycles. The number of imidazole rings is 1. The molecule has 0 atom stereocenters. The Morgan fingerprint density at radius 3 is 2.32 bits per heavy atom. The second-order valence-corrected chi connectivity index (χ2v) is 6.72. The standard InChI is InChI=1S/C24H24N2O2/c1-27-20-13-15-21(16-14-20)28-18-24-25-22-11-5-6-12-23(22)26(24)17-7-10-19-8-3-2-4-9-19/h2-6,8-9,11-16H,7,10,17-18H2,1H3. The number of aromatic nitrogens is 2. The molecule has 0 radical (unpaired) electrons. The first-order valence-corrected chi connectivity index (χ1v) is 9.58. The summed E-state index contributed by atoms with van der Waals surface area (Å²) in [4.78, 5) is 4.80. The lowest BCUT2D eigenvalue weighted by Gasteiger charge is -2.11. The van der Waals surface area contributed by atoms with Crippen LogP contribution in [0.3, 0.4) is 0 Å². The molecule has 4 aromatic rings. The fourth-order valence-electron chi connectivity index (χ4n) is 3.39. The Hall–Kier alpha value is -3.27. The fourth-order valence-corrected chi connectivity index (χ4v) is 3.39. The van der Waals surface area contributed by atoms with E-state index in [1.165, 1.54) is 5.56 Å². The van der Waals surface area contributed by atoms with Crippen LogP contribution in [0.25, 0.3) is 11.0 Å². The third-order valence-electron chi connectivity index (χ3n) is 4.85. The Balaban J connectivity index is 1.49. The van der Waals surface area contributed by atoms with Crippen molar-refractivity contribution in [1.82, 2.24) is 9.55 Å². The van der Waals surface area contributed by atoms with E-state index in [-0.39, 0.29) is 0 Å². The molecule has 0 saturated carbocycles. The van der Waals surface area contributed by atoms with E-state index in [2.05, 4.69) is 53.1 Å². The second kappa shape index (κ2) is 8.61.